The fourth-order valence-corrected chi connectivity index (χ4v) is 7.24. The van der Waals surface area contributed by atoms with Crippen LogP contribution in [-0.2, 0) is 21.7 Å². The van der Waals surface area contributed by atoms with Gasteiger partial charge in [-0.05, 0) is 70.0 Å². The highest BCUT2D eigenvalue weighted by Crippen LogP contribution is 2.43. The number of ketones is 1. The maximum Gasteiger partial charge on any atom is 0.242 e. The van der Waals surface area contributed by atoms with E-state index in [-0.39, 0.29) is 30.6 Å². The summed E-state index contributed by atoms with van der Waals surface area (Å²) in [5.74, 6) is -0.123. The summed E-state index contributed by atoms with van der Waals surface area (Å²) in [7, 11) is 0. The normalized spacial score (nSPS) is 22.1. The number of rotatable bonds is 8. The zero-order valence-corrected chi connectivity index (χ0v) is 24.0. The summed E-state index contributed by atoms with van der Waals surface area (Å²) in [6.07, 6.45) is 10.1. The number of Topliss-reactive ketones (excluding diaryl/α,β-unsaturated/α-hetero) is 1. The highest BCUT2D eigenvalue weighted by atomic mass is 35.5. The predicted molar refractivity (Wildman–Crippen MR) is 160 cm³/mol. The van der Waals surface area contributed by atoms with Gasteiger partial charge in [0, 0.05) is 11.3 Å². The van der Waals surface area contributed by atoms with Crippen molar-refractivity contribution in [2.24, 2.45) is 0 Å². The zero-order valence-electron chi connectivity index (χ0n) is 21.6. The van der Waals surface area contributed by atoms with E-state index in [1.54, 1.807) is 17.4 Å². The molecule has 0 radical (unpaired) electrons. The Bertz CT molecular complexity index is 1440. The Morgan fingerprint density at radius 2 is 2.03 bits per heavy atom. The second-order valence-electron chi connectivity index (χ2n) is 10.0. The Morgan fingerprint density at radius 1 is 1.18 bits per heavy atom. The number of aliphatic hydroxyl groups is 1. The summed E-state index contributed by atoms with van der Waals surface area (Å²) in [6.45, 7) is 2.22. The van der Waals surface area contributed by atoms with E-state index < -0.39 is 10.8 Å². The highest BCUT2D eigenvalue weighted by Gasteiger charge is 2.48. The Kier molecular flexibility index (Phi) is 8.57. The van der Waals surface area contributed by atoms with Gasteiger partial charge in [0.05, 0.1) is 17.2 Å². The molecule has 1 aliphatic carbocycles. The molecule has 2 aromatic carbocycles. The van der Waals surface area contributed by atoms with E-state index in [1.165, 1.54) is 22.9 Å². The first-order valence-electron chi connectivity index (χ1n) is 12.9. The number of aliphatic hydroxyl groups excluding tert-OH is 1. The first-order valence-corrected chi connectivity index (χ1v) is 15.1. The van der Waals surface area contributed by atoms with Crippen molar-refractivity contribution < 1.29 is 14.7 Å². The van der Waals surface area contributed by atoms with E-state index in [4.69, 9.17) is 11.6 Å². The number of halogens is 1. The Labute approximate surface area is 242 Å². The van der Waals surface area contributed by atoms with Gasteiger partial charge < -0.3 is 10.4 Å². The summed E-state index contributed by atoms with van der Waals surface area (Å²) in [4.78, 5) is 27.8. The highest BCUT2D eigenvalue weighted by molar-refractivity contribution is 8.01. The third-order valence-corrected chi connectivity index (χ3v) is 9.83. The van der Waals surface area contributed by atoms with Crippen molar-refractivity contribution in [1.82, 2.24) is 5.32 Å². The first kappa shape index (κ1) is 27.7. The minimum Gasteiger partial charge on any atom is -0.392 e. The molecule has 39 heavy (non-hydrogen) atoms. The van der Waals surface area contributed by atoms with Crippen molar-refractivity contribution in [3.05, 3.63) is 123 Å². The van der Waals surface area contributed by atoms with Crippen molar-refractivity contribution in [3.63, 3.8) is 0 Å². The number of carbonyl (C=O) groups excluding carboxylic acids is 2. The molecule has 1 aromatic heterocycles. The molecule has 1 amide bonds. The maximum atomic E-state index is 13.6. The summed E-state index contributed by atoms with van der Waals surface area (Å²) in [5, 5.41) is 16.5. The number of thioether (sulfide) groups is 1. The number of benzene rings is 2. The molecule has 3 aromatic rings. The Hall–Kier alpha value is -2.90. The first-order chi connectivity index (χ1) is 18.9. The van der Waals surface area contributed by atoms with Crippen LogP contribution in [0.4, 0.5) is 0 Å². The van der Waals surface area contributed by atoms with Crippen LogP contribution in [0.5, 0.6) is 0 Å². The molecular weight excluding hydrogens is 546 g/mol. The lowest BCUT2D eigenvalue weighted by molar-refractivity contribution is -0.133. The quantitative estimate of drug-likeness (QED) is 0.276. The zero-order chi connectivity index (χ0) is 27.4. The van der Waals surface area contributed by atoms with Crippen molar-refractivity contribution >= 4 is 46.4 Å². The van der Waals surface area contributed by atoms with Gasteiger partial charge in [0.1, 0.15) is 5.25 Å². The number of amides is 1. The molecule has 2 N–H and O–H groups in total. The van der Waals surface area contributed by atoms with Gasteiger partial charge in [0.2, 0.25) is 5.91 Å². The van der Waals surface area contributed by atoms with Crippen LogP contribution in [0.1, 0.15) is 48.8 Å². The number of hydrogen-bond acceptors (Lipinski definition) is 5. The monoisotopic (exact) mass is 575 g/mol. The van der Waals surface area contributed by atoms with Crippen LogP contribution < -0.4 is 5.32 Å². The lowest BCUT2D eigenvalue weighted by atomic mass is 9.75. The van der Waals surface area contributed by atoms with Crippen LogP contribution in [0.15, 0.2) is 106 Å². The van der Waals surface area contributed by atoms with Crippen molar-refractivity contribution in [3.8, 4) is 0 Å². The lowest BCUT2D eigenvalue weighted by Gasteiger charge is -2.41. The van der Waals surface area contributed by atoms with E-state index >= 15 is 0 Å². The SMILES string of the molecule is CC(CC1=CCC(C2(c3ccsc3)CC(=O)C(Sc3ccccc3Cl)C(=O)N2)=CC=C1)c1cccc(CO)c1. The Balaban J connectivity index is 1.37. The van der Waals surface area contributed by atoms with Crippen LogP contribution in [0.25, 0.3) is 0 Å². The van der Waals surface area contributed by atoms with Crippen LogP contribution in [0, 0.1) is 0 Å². The number of nitrogens with one attached hydrogen (secondary N) is 1. The third-order valence-electron chi connectivity index (χ3n) is 7.39. The number of piperidine rings is 1. The van der Waals surface area contributed by atoms with Gasteiger partial charge in [0.25, 0.3) is 0 Å². The molecule has 0 bridgehead atoms. The lowest BCUT2D eigenvalue weighted by Crippen LogP contribution is -2.58. The summed E-state index contributed by atoms with van der Waals surface area (Å²) in [6, 6.07) is 17.3. The molecule has 3 atom stereocenters. The molecule has 1 aliphatic heterocycles. The average Bonchev–Trinajstić information content (AvgIpc) is 3.39. The van der Waals surface area contributed by atoms with Crippen LogP contribution in [0.3, 0.4) is 0 Å². The Morgan fingerprint density at radius 3 is 2.77 bits per heavy atom. The molecule has 0 saturated carbocycles. The van der Waals surface area contributed by atoms with Gasteiger partial charge in [0.15, 0.2) is 5.78 Å². The topological polar surface area (TPSA) is 66.4 Å². The molecule has 2 heterocycles. The van der Waals surface area contributed by atoms with Crippen molar-refractivity contribution in [2.45, 2.75) is 54.4 Å². The molecule has 0 spiro atoms. The fraction of sp³-hybridized carbons (Fsp3) is 0.250. The van der Waals surface area contributed by atoms with Gasteiger partial charge >= 0.3 is 0 Å². The number of thiophene rings is 1. The second-order valence-corrected chi connectivity index (χ2v) is 12.4. The number of carbonyl (C=O) groups is 2. The average molecular weight is 576 g/mol. The second kappa shape index (κ2) is 12.1. The van der Waals surface area contributed by atoms with Gasteiger partial charge in [-0.3, -0.25) is 9.59 Å². The van der Waals surface area contributed by atoms with E-state index in [0.29, 0.717) is 11.4 Å². The van der Waals surface area contributed by atoms with Gasteiger partial charge in [-0.15, -0.1) is 11.8 Å². The molecule has 200 valence electrons. The molecule has 4 nitrogen and oxygen atoms in total. The van der Waals surface area contributed by atoms with E-state index in [9.17, 15) is 14.7 Å². The van der Waals surface area contributed by atoms with Gasteiger partial charge in [-0.1, -0.05) is 84.8 Å². The largest absolute Gasteiger partial charge is 0.392 e. The smallest absolute Gasteiger partial charge is 0.242 e. The predicted octanol–water partition coefficient (Wildman–Crippen LogP) is 7.35. The molecule has 1 saturated heterocycles. The molecule has 1 fully saturated rings. The van der Waals surface area contributed by atoms with E-state index in [1.807, 2.05) is 59.3 Å². The summed E-state index contributed by atoms with van der Waals surface area (Å²) in [5.41, 5.74) is 4.34. The van der Waals surface area contributed by atoms with Crippen LogP contribution in [-0.4, -0.2) is 22.0 Å². The number of allylic oxidation sites excluding steroid dienone is 5. The third kappa shape index (κ3) is 5.99. The minimum absolute atomic E-state index is 0.0310. The molecule has 5 rings (SSSR count). The van der Waals surface area contributed by atoms with Gasteiger partial charge in [-0.25, -0.2) is 0 Å². The molecule has 7 heteroatoms. The van der Waals surface area contributed by atoms with Crippen LogP contribution >= 0.6 is 34.7 Å². The fourth-order valence-electron chi connectivity index (χ4n) is 5.27. The van der Waals surface area contributed by atoms with E-state index in [0.717, 1.165) is 28.0 Å². The standard InChI is InChI=1S/C32H30ClNO3S2/c1-21(24-8-4-7-23(17-24)19-35)16-22-6-5-9-25(13-12-22)32(26-14-15-38-20-26)18-28(36)30(31(37)34-32)39-29-11-3-2-10-27(29)33/h2-12,14-15,17,20-21,30,35H,13,16,18-19H2,1H3,(H,34,37). The molecule has 3 unspecified atom stereocenters. The maximum absolute atomic E-state index is 13.6. The van der Waals surface area contributed by atoms with Crippen LogP contribution in [0.2, 0.25) is 5.02 Å². The molecular formula is C32H30ClNO3S2. The number of hydrogen-bond donors (Lipinski definition) is 2. The van der Waals surface area contributed by atoms with E-state index in [2.05, 4.69) is 36.5 Å². The summed E-state index contributed by atoms with van der Waals surface area (Å²) >= 11 is 9.09. The minimum atomic E-state index is -0.886. The molecule has 2 aliphatic rings. The van der Waals surface area contributed by atoms with Gasteiger partial charge in [-0.2, -0.15) is 11.3 Å². The summed E-state index contributed by atoms with van der Waals surface area (Å²) < 4.78 is 0. The van der Waals surface area contributed by atoms with Crippen molar-refractivity contribution in [1.29, 1.82) is 0 Å². The van der Waals surface area contributed by atoms with Crippen molar-refractivity contribution in [2.75, 3.05) is 0 Å².